The zero-order chi connectivity index (χ0) is 15.1. The van der Waals surface area contributed by atoms with Crippen molar-refractivity contribution in [2.24, 2.45) is 0 Å². The predicted octanol–water partition coefficient (Wildman–Crippen LogP) is 1.07. The van der Waals surface area contributed by atoms with Crippen LogP contribution in [0.4, 0.5) is 5.13 Å². The Morgan fingerprint density at radius 1 is 1.29 bits per heavy atom. The van der Waals surface area contributed by atoms with Crippen molar-refractivity contribution in [3.63, 3.8) is 0 Å². The fraction of sp³-hybridized carbons (Fsp3) is 0.462. The normalized spacial score (nSPS) is 10.8. The van der Waals surface area contributed by atoms with E-state index in [4.69, 9.17) is 9.47 Å². The molecular weight excluding hydrogens is 292 g/mol. The highest BCUT2D eigenvalue weighted by molar-refractivity contribution is 7.18. The van der Waals surface area contributed by atoms with Crippen LogP contribution in [0.15, 0.2) is 23.1 Å². The smallest absolute Gasteiger partial charge is 0.261 e. The summed E-state index contributed by atoms with van der Waals surface area (Å²) in [5.74, 6) is 0. The number of nitrogens with one attached hydrogen (secondary N) is 1. The third-order valence-corrected chi connectivity index (χ3v) is 3.71. The van der Waals surface area contributed by atoms with E-state index in [0.717, 1.165) is 0 Å². The molecular formula is C13H18N4O3S. The molecule has 0 amide bonds. The van der Waals surface area contributed by atoms with Crippen molar-refractivity contribution in [2.75, 3.05) is 39.3 Å². The van der Waals surface area contributed by atoms with Crippen molar-refractivity contribution in [3.8, 4) is 10.6 Å². The molecule has 114 valence electrons. The third-order valence-electron chi connectivity index (χ3n) is 2.79. The van der Waals surface area contributed by atoms with Crippen molar-refractivity contribution in [3.05, 3.63) is 28.7 Å². The first-order chi connectivity index (χ1) is 10.3. The predicted molar refractivity (Wildman–Crippen MR) is 81.8 cm³/mol. The molecule has 0 radical (unpaired) electrons. The van der Waals surface area contributed by atoms with Crippen molar-refractivity contribution in [1.29, 1.82) is 0 Å². The fourth-order valence-electron chi connectivity index (χ4n) is 1.73. The van der Waals surface area contributed by atoms with E-state index in [-0.39, 0.29) is 5.56 Å². The van der Waals surface area contributed by atoms with Gasteiger partial charge in [-0.1, -0.05) is 11.3 Å². The van der Waals surface area contributed by atoms with Gasteiger partial charge in [-0.2, -0.15) is 0 Å². The second-order valence-electron chi connectivity index (χ2n) is 4.25. The van der Waals surface area contributed by atoms with E-state index in [0.29, 0.717) is 42.0 Å². The summed E-state index contributed by atoms with van der Waals surface area (Å²) in [5, 5.41) is 12.5. The average molecular weight is 310 g/mol. The molecule has 0 aliphatic carbocycles. The van der Waals surface area contributed by atoms with Gasteiger partial charge >= 0.3 is 0 Å². The number of anilines is 1. The van der Waals surface area contributed by atoms with Gasteiger partial charge in [0.2, 0.25) is 5.13 Å². The van der Waals surface area contributed by atoms with Crippen LogP contribution in [0, 0.1) is 0 Å². The SMILES string of the molecule is COCCNc1nnc(-c2cccn(CCOC)c2=O)s1. The number of hydrogen-bond acceptors (Lipinski definition) is 7. The molecule has 0 atom stereocenters. The monoisotopic (exact) mass is 310 g/mol. The van der Waals surface area contributed by atoms with Gasteiger partial charge in [0, 0.05) is 33.5 Å². The molecule has 1 N–H and O–H groups in total. The van der Waals surface area contributed by atoms with Crippen LogP contribution >= 0.6 is 11.3 Å². The van der Waals surface area contributed by atoms with Crippen LogP contribution in [0.3, 0.4) is 0 Å². The molecule has 2 aromatic rings. The second kappa shape index (κ2) is 7.87. The summed E-state index contributed by atoms with van der Waals surface area (Å²) in [4.78, 5) is 12.4. The Labute approximate surface area is 126 Å². The molecule has 0 aliphatic heterocycles. The number of aromatic nitrogens is 3. The quantitative estimate of drug-likeness (QED) is 0.735. The molecule has 0 saturated carbocycles. The molecule has 7 nitrogen and oxygen atoms in total. The summed E-state index contributed by atoms with van der Waals surface area (Å²) in [6.07, 6.45) is 1.74. The Morgan fingerprint density at radius 3 is 2.86 bits per heavy atom. The minimum Gasteiger partial charge on any atom is -0.383 e. The van der Waals surface area contributed by atoms with Crippen LogP contribution in [0.25, 0.3) is 10.6 Å². The molecule has 2 heterocycles. The fourth-order valence-corrected chi connectivity index (χ4v) is 2.51. The average Bonchev–Trinajstić information content (AvgIpc) is 2.95. The van der Waals surface area contributed by atoms with E-state index in [1.807, 2.05) is 6.07 Å². The zero-order valence-electron chi connectivity index (χ0n) is 12.0. The number of nitrogens with zero attached hydrogens (tertiary/aromatic N) is 3. The van der Waals surface area contributed by atoms with E-state index in [1.165, 1.54) is 11.3 Å². The molecule has 0 aliphatic rings. The first-order valence-electron chi connectivity index (χ1n) is 6.51. The standard InChI is InChI=1S/C13H18N4O3S/c1-19-8-5-14-13-16-15-11(21-13)10-4-3-6-17(12(10)18)7-9-20-2/h3-4,6H,5,7-9H2,1-2H3,(H,14,16). The molecule has 0 spiro atoms. The van der Waals surface area contributed by atoms with Gasteiger partial charge in [-0.15, -0.1) is 10.2 Å². The third kappa shape index (κ3) is 4.10. The van der Waals surface area contributed by atoms with Gasteiger partial charge in [-0.3, -0.25) is 4.79 Å². The van der Waals surface area contributed by atoms with E-state index < -0.39 is 0 Å². The summed E-state index contributed by atoms with van der Waals surface area (Å²) in [6, 6.07) is 3.58. The molecule has 0 aromatic carbocycles. The lowest BCUT2D eigenvalue weighted by atomic mass is 10.3. The first kappa shape index (κ1) is 15.6. The van der Waals surface area contributed by atoms with E-state index in [9.17, 15) is 4.79 Å². The number of hydrogen-bond donors (Lipinski definition) is 1. The van der Waals surface area contributed by atoms with E-state index in [1.54, 1.807) is 31.0 Å². The highest BCUT2D eigenvalue weighted by atomic mass is 32.1. The number of methoxy groups -OCH3 is 2. The Kier molecular flexibility index (Phi) is 5.85. The van der Waals surface area contributed by atoms with Crippen LogP contribution in [-0.2, 0) is 16.0 Å². The Bertz CT molecular complexity index is 626. The van der Waals surface area contributed by atoms with E-state index >= 15 is 0 Å². The summed E-state index contributed by atoms with van der Waals surface area (Å²) in [6.45, 7) is 2.24. The van der Waals surface area contributed by atoms with Crippen LogP contribution in [0.1, 0.15) is 0 Å². The lowest BCUT2D eigenvalue weighted by Crippen LogP contribution is -2.22. The highest BCUT2D eigenvalue weighted by Gasteiger charge is 2.11. The summed E-state index contributed by atoms with van der Waals surface area (Å²) >= 11 is 1.35. The maximum absolute atomic E-state index is 12.4. The molecule has 8 heteroatoms. The first-order valence-corrected chi connectivity index (χ1v) is 7.33. The summed E-state index contributed by atoms with van der Waals surface area (Å²) in [5.41, 5.74) is 0.458. The molecule has 2 aromatic heterocycles. The molecule has 0 saturated heterocycles. The topological polar surface area (TPSA) is 78.3 Å². The largest absolute Gasteiger partial charge is 0.383 e. The van der Waals surface area contributed by atoms with Crippen molar-refractivity contribution in [2.45, 2.75) is 6.54 Å². The molecule has 2 rings (SSSR count). The van der Waals surface area contributed by atoms with Gasteiger partial charge in [-0.05, 0) is 12.1 Å². The molecule has 0 unspecified atom stereocenters. The molecule has 0 fully saturated rings. The van der Waals surface area contributed by atoms with Crippen molar-refractivity contribution in [1.82, 2.24) is 14.8 Å². The van der Waals surface area contributed by atoms with Crippen LogP contribution in [0.5, 0.6) is 0 Å². The second-order valence-corrected chi connectivity index (χ2v) is 5.22. The Hall–Kier alpha value is -1.77. The minimum absolute atomic E-state index is 0.0888. The van der Waals surface area contributed by atoms with Gasteiger partial charge in [-0.25, -0.2) is 0 Å². The van der Waals surface area contributed by atoms with Gasteiger partial charge in [0.25, 0.3) is 5.56 Å². The summed E-state index contributed by atoms with van der Waals surface area (Å²) < 4.78 is 11.6. The van der Waals surface area contributed by atoms with Gasteiger partial charge < -0.3 is 19.4 Å². The van der Waals surface area contributed by atoms with Crippen LogP contribution < -0.4 is 10.9 Å². The van der Waals surface area contributed by atoms with Crippen molar-refractivity contribution < 1.29 is 9.47 Å². The summed E-state index contributed by atoms with van der Waals surface area (Å²) in [7, 11) is 3.25. The number of ether oxygens (including phenoxy) is 2. The van der Waals surface area contributed by atoms with E-state index in [2.05, 4.69) is 15.5 Å². The van der Waals surface area contributed by atoms with Gasteiger partial charge in [0.1, 0.15) is 0 Å². The van der Waals surface area contributed by atoms with Crippen LogP contribution in [0.2, 0.25) is 0 Å². The maximum atomic E-state index is 12.4. The lowest BCUT2D eigenvalue weighted by Gasteiger charge is -2.05. The maximum Gasteiger partial charge on any atom is 0.261 e. The van der Waals surface area contributed by atoms with Crippen molar-refractivity contribution >= 4 is 16.5 Å². The minimum atomic E-state index is -0.0888. The lowest BCUT2D eigenvalue weighted by molar-refractivity contribution is 0.186. The zero-order valence-corrected chi connectivity index (χ0v) is 12.9. The highest BCUT2D eigenvalue weighted by Crippen LogP contribution is 2.23. The number of rotatable bonds is 8. The van der Waals surface area contributed by atoms with Crippen LogP contribution in [-0.4, -0.2) is 48.7 Å². The van der Waals surface area contributed by atoms with Gasteiger partial charge in [0.05, 0.1) is 18.8 Å². The Morgan fingerprint density at radius 2 is 2.10 bits per heavy atom. The van der Waals surface area contributed by atoms with Gasteiger partial charge in [0.15, 0.2) is 5.01 Å². The molecule has 0 bridgehead atoms. The molecule has 21 heavy (non-hydrogen) atoms. The number of pyridine rings is 1. The Balaban J connectivity index is 2.16.